The van der Waals surface area contributed by atoms with Gasteiger partial charge in [0.05, 0.1) is 4.90 Å². The van der Waals surface area contributed by atoms with E-state index in [1.807, 2.05) is 48.5 Å². The van der Waals surface area contributed by atoms with Crippen LogP contribution in [-0.4, -0.2) is 53.0 Å². The van der Waals surface area contributed by atoms with Crippen molar-refractivity contribution < 1.29 is 22.7 Å². The highest BCUT2D eigenvalue weighted by molar-refractivity contribution is 7.90. The first-order chi connectivity index (χ1) is 20.9. The number of anilines is 1. The fraction of sp³-hybridized carbons (Fsp3) is 0.206. The molecule has 1 N–H and O–H groups in total. The lowest BCUT2D eigenvalue weighted by molar-refractivity contribution is -0.120. The number of carbonyl (C=O) groups is 2. The summed E-state index contributed by atoms with van der Waals surface area (Å²) in [5, 5.41) is 3.61. The van der Waals surface area contributed by atoms with Crippen molar-refractivity contribution in [1.82, 2.24) is 13.9 Å². The zero-order valence-electron chi connectivity index (χ0n) is 25.0. The molecule has 3 aromatic carbocycles. The molecule has 0 saturated heterocycles. The summed E-state index contributed by atoms with van der Waals surface area (Å²) in [6.07, 6.45) is 2.79. The first-order valence-corrected chi connectivity index (χ1v) is 15.6. The average molecular weight is 611 g/mol. The lowest BCUT2D eigenvalue weighted by Crippen LogP contribution is -2.48. The van der Waals surface area contributed by atoms with E-state index in [0.717, 1.165) is 16.7 Å². The minimum Gasteiger partial charge on any atom is -0.444 e. The maximum Gasteiger partial charge on any atom is 0.410 e. The third-order valence-electron chi connectivity index (χ3n) is 7.04. The monoisotopic (exact) mass is 610 g/mol. The highest BCUT2D eigenvalue weighted by Crippen LogP contribution is 2.31. The molecule has 10 heteroatoms. The number of rotatable bonds is 8. The molecule has 0 bridgehead atoms. The first-order valence-electron chi connectivity index (χ1n) is 14.1. The van der Waals surface area contributed by atoms with Gasteiger partial charge in [0.15, 0.2) is 5.65 Å². The molecule has 9 nitrogen and oxygen atoms in total. The van der Waals surface area contributed by atoms with Crippen LogP contribution in [-0.2, 0) is 26.0 Å². The summed E-state index contributed by atoms with van der Waals surface area (Å²) >= 11 is 0. The Labute approximate surface area is 257 Å². The normalized spacial score (nSPS) is 12.5. The van der Waals surface area contributed by atoms with E-state index in [1.165, 1.54) is 15.1 Å². The van der Waals surface area contributed by atoms with Crippen molar-refractivity contribution >= 4 is 38.7 Å². The van der Waals surface area contributed by atoms with Gasteiger partial charge in [-0.05, 0) is 73.9 Å². The predicted molar refractivity (Wildman–Crippen MR) is 171 cm³/mol. The quantitative estimate of drug-likeness (QED) is 0.219. The van der Waals surface area contributed by atoms with E-state index in [9.17, 15) is 18.0 Å². The van der Waals surface area contributed by atoms with Gasteiger partial charge in [0.1, 0.15) is 11.6 Å². The fourth-order valence-corrected chi connectivity index (χ4v) is 6.15. The molecule has 2 amide bonds. The van der Waals surface area contributed by atoms with Crippen molar-refractivity contribution in [3.63, 3.8) is 0 Å². The minimum atomic E-state index is -3.83. The van der Waals surface area contributed by atoms with Crippen molar-refractivity contribution in [2.45, 2.75) is 43.7 Å². The van der Waals surface area contributed by atoms with Crippen LogP contribution in [0.15, 0.2) is 114 Å². The Kier molecular flexibility index (Phi) is 8.55. The fourth-order valence-electron chi connectivity index (χ4n) is 4.83. The van der Waals surface area contributed by atoms with Crippen molar-refractivity contribution in [3.8, 4) is 11.1 Å². The number of hydrogen-bond acceptors (Lipinski definition) is 6. The second-order valence-electron chi connectivity index (χ2n) is 11.4. The van der Waals surface area contributed by atoms with Gasteiger partial charge in [-0.2, -0.15) is 0 Å². The molecule has 5 aromatic rings. The Morgan fingerprint density at radius 2 is 1.55 bits per heavy atom. The predicted octanol–water partition coefficient (Wildman–Crippen LogP) is 6.36. The number of amides is 2. The van der Waals surface area contributed by atoms with Gasteiger partial charge < -0.3 is 10.1 Å². The van der Waals surface area contributed by atoms with Crippen molar-refractivity contribution in [2.24, 2.45) is 0 Å². The maximum absolute atomic E-state index is 13.5. The van der Waals surface area contributed by atoms with Gasteiger partial charge in [-0.25, -0.2) is 22.2 Å². The smallest absolute Gasteiger partial charge is 0.410 e. The second-order valence-corrected chi connectivity index (χ2v) is 13.2. The van der Waals surface area contributed by atoms with E-state index in [0.29, 0.717) is 23.1 Å². The molecule has 5 rings (SSSR count). The summed E-state index contributed by atoms with van der Waals surface area (Å²) in [5.41, 5.74) is 2.67. The zero-order valence-corrected chi connectivity index (χ0v) is 25.8. The van der Waals surface area contributed by atoms with Crippen LogP contribution in [0.3, 0.4) is 0 Å². The standard InChI is InChI=1S/C34H34N4O5S/c1-34(2,3)43-33(40)37(4)30(23-24-11-7-5-8-12-24)32(39)36-26-17-15-25(16-18-26)28-19-21-35-31-29(28)20-22-38(31)44(41,42)27-13-9-6-10-14-27/h5-22,30H,23H2,1-4H3,(H,36,39). The number of carbonyl (C=O) groups excluding carboxylic acids is 2. The van der Waals surface area contributed by atoms with Gasteiger partial charge in [-0.15, -0.1) is 0 Å². The van der Waals surface area contributed by atoms with Gasteiger partial charge in [0, 0.05) is 36.9 Å². The molecule has 2 heterocycles. The molecule has 0 aliphatic heterocycles. The summed E-state index contributed by atoms with van der Waals surface area (Å²) < 4.78 is 33.3. The number of likely N-dealkylation sites (N-methyl/N-ethyl adjacent to an activating group) is 1. The Morgan fingerprint density at radius 3 is 2.18 bits per heavy atom. The number of fused-ring (bicyclic) bond motifs is 1. The molecule has 1 unspecified atom stereocenters. The van der Waals surface area contributed by atoms with Crippen LogP contribution in [0.1, 0.15) is 26.3 Å². The van der Waals surface area contributed by atoms with Crippen molar-refractivity contribution in [3.05, 3.63) is 115 Å². The molecular weight excluding hydrogens is 576 g/mol. The Balaban J connectivity index is 1.39. The topological polar surface area (TPSA) is 111 Å². The van der Waals surface area contributed by atoms with E-state index in [2.05, 4.69) is 10.3 Å². The second kappa shape index (κ2) is 12.3. The molecule has 2 aromatic heterocycles. The number of aromatic nitrogens is 2. The van der Waals surface area contributed by atoms with E-state index < -0.39 is 27.8 Å². The van der Waals surface area contributed by atoms with Crippen molar-refractivity contribution in [1.29, 1.82) is 0 Å². The van der Waals surface area contributed by atoms with Gasteiger partial charge in [0.2, 0.25) is 5.91 Å². The van der Waals surface area contributed by atoms with Crippen LogP contribution in [0.4, 0.5) is 10.5 Å². The number of nitrogens with one attached hydrogen (secondary N) is 1. The lowest BCUT2D eigenvalue weighted by Gasteiger charge is -2.30. The molecule has 1 atom stereocenters. The van der Waals surface area contributed by atoms with Crippen LogP contribution in [0.25, 0.3) is 22.2 Å². The molecule has 0 saturated carbocycles. The molecule has 0 radical (unpaired) electrons. The third-order valence-corrected chi connectivity index (χ3v) is 8.72. The SMILES string of the molecule is CN(C(=O)OC(C)(C)C)C(Cc1ccccc1)C(=O)Nc1ccc(-c2ccnc3c2ccn3S(=O)(=O)c2ccccc2)cc1. The Bertz CT molecular complexity index is 1880. The van der Waals surface area contributed by atoms with E-state index in [1.54, 1.807) is 82.5 Å². The van der Waals surface area contributed by atoms with E-state index in [-0.39, 0.29) is 10.8 Å². The van der Waals surface area contributed by atoms with E-state index in [4.69, 9.17) is 4.74 Å². The van der Waals surface area contributed by atoms with Gasteiger partial charge in [0.25, 0.3) is 10.0 Å². The number of nitrogens with zero attached hydrogens (tertiary/aromatic N) is 3. The molecule has 0 aliphatic rings. The van der Waals surface area contributed by atoms with Crippen LogP contribution in [0.5, 0.6) is 0 Å². The molecule has 0 aliphatic carbocycles. The Hall–Kier alpha value is -4.96. The molecular formula is C34H34N4O5S. The number of ether oxygens (including phenoxy) is 1. The molecule has 0 fully saturated rings. The van der Waals surface area contributed by atoms with Crippen LogP contribution in [0.2, 0.25) is 0 Å². The first kappa shape index (κ1) is 30.5. The van der Waals surface area contributed by atoms with Crippen LogP contribution < -0.4 is 5.32 Å². The summed E-state index contributed by atoms with van der Waals surface area (Å²) in [6, 6.07) is 27.7. The summed E-state index contributed by atoms with van der Waals surface area (Å²) in [5.74, 6) is -0.357. The largest absolute Gasteiger partial charge is 0.444 e. The molecule has 226 valence electrons. The average Bonchev–Trinajstić information content (AvgIpc) is 3.45. The van der Waals surface area contributed by atoms with Crippen molar-refractivity contribution in [2.75, 3.05) is 12.4 Å². The lowest BCUT2D eigenvalue weighted by atomic mass is 10.0. The Morgan fingerprint density at radius 1 is 0.909 bits per heavy atom. The van der Waals surface area contributed by atoms with Crippen LogP contribution >= 0.6 is 0 Å². The van der Waals surface area contributed by atoms with Gasteiger partial charge in [-0.1, -0.05) is 60.7 Å². The molecule has 44 heavy (non-hydrogen) atoms. The zero-order chi connectivity index (χ0) is 31.5. The summed E-state index contributed by atoms with van der Waals surface area (Å²) in [7, 11) is -2.27. The number of hydrogen-bond donors (Lipinski definition) is 1. The molecule has 0 spiro atoms. The van der Waals surface area contributed by atoms with Crippen LogP contribution in [0, 0.1) is 0 Å². The van der Waals surface area contributed by atoms with Gasteiger partial charge >= 0.3 is 6.09 Å². The highest BCUT2D eigenvalue weighted by atomic mass is 32.2. The minimum absolute atomic E-state index is 0.174. The number of benzene rings is 3. The van der Waals surface area contributed by atoms with Gasteiger partial charge in [-0.3, -0.25) is 9.69 Å². The highest BCUT2D eigenvalue weighted by Gasteiger charge is 2.30. The summed E-state index contributed by atoms with van der Waals surface area (Å²) in [4.78, 5) is 32.3. The van der Waals surface area contributed by atoms with E-state index >= 15 is 0 Å². The maximum atomic E-state index is 13.5. The summed E-state index contributed by atoms with van der Waals surface area (Å²) in [6.45, 7) is 5.33. The number of pyridine rings is 1. The third kappa shape index (κ3) is 6.65.